The van der Waals surface area contributed by atoms with Gasteiger partial charge in [-0.1, -0.05) is 18.5 Å². The summed E-state index contributed by atoms with van der Waals surface area (Å²) in [6.45, 7) is 3.36. The molecule has 0 radical (unpaired) electrons. The molecule has 0 aliphatic heterocycles. The number of nitrogens with zero attached hydrogens (tertiary/aromatic N) is 2. The van der Waals surface area contributed by atoms with Crippen LogP contribution in [0, 0.1) is 5.92 Å². The lowest BCUT2D eigenvalue weighted by molar-refractivity contribution is 0.0944. The smallest absolute Gasteiger partial charge is 0.255 e. The van der Waals surface area contributed by atoms with Gasteiger partial charge in [-0.15, -0.1) is 0 Å². The number of ether oxygens (including phenoxy) is 1. The summed E-state index contributed by atoms with van der Waals surface area (Å²) in [6, 6.07) is 3.07. The van der Waals surface area contributed by atoms with Crippen LogP contribution in [-0.2, 0) is 6.54 Å². The molecule has 0 spiro atoms. The van der Waals surface area contributed by atoms with E-state index in [-0.39, 0.29) is 11.8 Å². The molecular formula is C15H19ClN4O2. The molecule has 7 heteroatoms. The number of nitrogens with one attached hydrogen (secondary N) is 1. The van der Waals surface area contributed by atoms with Crippen LogP contribution in [0.2, 0.25) is 5.02 Å². The highest BCUT2D eigenvalue weighted by molar-refractivity contribution is 6.33. The molecule has 6 nitrogen and oxygen atoms in total. The number of nitrogen functional groups attached to an aromatic ring is 1. The number of rotatable bonds is 6. The van der Waals surface area contributed by atoms with Crippen LogP contribution in [0.1, 0.15) is 17.3 Å². The van der Waals surface area contributed by atoms with Crippen LogP contribution in [0.4, 0.5) is 5.69 Å². The Morgan fingerprint density at radius 3 is 2.95 bits per heavy atom. The van der Waals surface area contributed by atoms with Crippen molar-refractivity contribution in [2.75, 3.05) is 19.4 Å². The largest absolute Gasteiger partial charge is 0.496 e. The van der Waals surface area contributed by atoms with Crippen LogP contribution >= 0.6 is 11.6 Å². The summed E-state index contributed by atoms with van der Waals surface area (Å²) >= 11 is 5.97. The van der Waals surface area contributed by atoms with E-state index >= 15 is 0 Å². The number of carbonyl (C=O) groups is 1. The van der Waals surface area contributed by atoms with E-state index in [4.69, 9.17) is 22.1 Å². The van der Waals surface area contributed by atoms with Crippen LogP contribution in [0.25, 0.3) is 0 Å². The zero-order chi connectivity index (χ0) is 16.1. The second kappa shape index (κ2) is 7.17. The van der Waals surface area contributed by atoms with Gasteiger partial charge in [0.05, 0.1) is 29.7 Å². The van der Waals surface area contributed by atoms with E-state index in [0.717, 1.165) is 6.54 Å². The minimum Gasteiger partial charge on any atom is -0.496 e. The quantitative estimate of drug-likeness (QED) is 0.799. The first kappa shape index (κ1) is 16.2. The van der Waals surface area contributed by atoms with Gasteiger partial charge >= 0.3 is 0 Å². The fraction of sp³-hybridized carbons (Fsp3) is 0.333. The first-order chi connectivity index (χ1) is 10.5. The number of hydrogen-bond acceptors (Lipinski definition) is 4. The summed E-state index contributed by atoms with van der Waals surface area (Å²) < 4.78 is 7.15. The molecule has 0 saturated heterocycles. The highest BCUT2D eigenvalue weighted by atomic mass is 35.5. The molecule has 2 aromatic rings. The molecule has 0 aliphatic rings. The highest BCUT2D eigenvalue weighted by Crippen LogP contribution is 2.28. The molecule has 1 atom stereocenters. The third-order valence-electron chi connectivity index (χ3n) is 3.26. The molecule has 1 aromatic carbocycles. The van der Waals surface area contributed by atoms with Crippen LogP contribution in [0.15, 0.2) is 30.9 Å². The average Bonchev–Trinajstić information content (AvgIpc) is 3.00. The van der Waals surface area contributed by atoms with Gasteiger partial charge in [-0.05, 0) is 12.0 Å². The van der Waals surface area contributed by atoms with Gasteiger partial charge in [0.15, 0.2) is 0 Å². The Morgan fingerprint density at radius 1 is 1.55 bits per heavy atom. The maximum Gasteiger partial charge on any atom is 0.255 e. The van der Waals surface area contributed by atoms with E-state index in [1.54, 1.807) is 18.6 Å². The minimum absolute atomic E-state index is 0.240. The third kappa shape index (κ3) is 3.92. The van der Waals surface area contributed by atoms with Crippen molar-refractivity contribution in [3.05, 3.63) is 41.4 Å². The lowest BCUT2D eigenvalue weighted by Gasteiger charge is -2.15. The molecule has 0 aliphatic carbocycles. The molecule has 1 amide bonds. The third-order valence-corrected chi connectivity index (χ3v) is 3.58. The first-order valence-electron chi connectivity index (χ1n) is 6.88. The molecule has 1 aromatic heterocycles. The van der Waals surface area contributed by atoms with E-state index in [0.29, 0.717) is 28.6 Å². The number of halogens is 1. The SMILES string of the molecule is COc1cc(N)c(Cl)cc1C(=O)NCC(C)Cn1ccnc1. The number of nitrogens with two attached hydrogens (primary N) is 1. The first-order valence-corrected chi connectivity index (χ1v) is 7.26. The van der Waals surface area contributed by atoms with Gasteiger partial charge in [-0.25, -0.2) is 4.98 Å². The van der Waals surface area contributed by atoms with Gasteiger partial charge in [0, 0.05) is 31.5 Å². The summed E-state index contributed by atoms with van der Waals surface area (Å²) in [7, 11) is 1.49. The number of imidazole rings is 1. The number of hydrogen-bond donors (Lipinski definition) is 2. The van der Waals surface area contributed by atoms with Crippen molar-refractivity contribution in [3.8, 4) is 5.75 Å². The molecule has 3 N–H and O–H groups in total. The zero-order valence-electron chi connectivity index (χ0n) is 12.5. The Morgan fingerprint density at radius 2 is 2.32 bits per heavy atom. The Hall–Kier alpha value is -2.21. The molecule has 1 heterocycles. The van der Waals surface area contributed by atoms with Crippen molar-refractivity contribution in [2.45, 2.75) is 13.5 Å². The highest BCUT2D eigenvalue weighted by Gasteiger charge is 2.15. The topological polar surface area (TPSA) is 82.2 Å². The summed E-state index contributed by atoms with van der Waals surface area (Å²) in [5, 5.41) is 3.21. The van der Waals surface area contributed by atoms with E-state index in [2.05, 4.69) is 10.3 Å². The number of benzene rings is 1. The van der Waals surface area contributed by atoms with Crippen molar-refractivity contribution in [1.29, 1.82) is 0 Å². The van der Waals surface area contributed by atoms with E-state index in [9.17, 15) is 4.79 Å². The number of aromatic nitrogens is 2. The molecule has 2 rings (SSSR count). The normalized spacial score (nSPS) is 12.0. The van der Waals surface area contributed by atoms with Crippen LogP contribution in [-0.4, -0.2) is 29.1 Å². The van der Waals surface area contributed by atoms with Crippen molar-refractivity contribution in [1.82, 2.24) is 14.9 Å². The lowest BCUT2D eigenvalue weighted by Crippen LogP contribution is -2.30. The van der Waals surface area contributed by atoms with Crippen LogP contribution < -0.4 is 15.8 Å². The molecule has 0 fully saturated rings. The Balaban J connectivity index is 1.98. The standard InChI is InChI=1S/C15H19ClN4O2/c1-10(8-20-4-3-18-9-20)7-19-15(21)11-5-12(16)13(17)6-14(11)22-2/h3-6,9-10H,7-8,17H2,1-2H3,(H,19,21). The summed E-state index contributed by atoms with van der Waals surface area (Å²) in [5.41, 5.74) is 6.46. The molecule has 0 bridgehead atoms. The second-order valence-corrected chi connectivity index (χ2v) is 5.56. The maximum atomic E-state index is 12.3. The van der Waals surface area contributed by atoms with Gasteiger partial charge in [0.1, 0.15) is 5.75 Å². The fourth-order valence-electron chi connectivity index (χ4n) is 2.10. The van der Waals surface area contributed by atoms with Crippen LogP contribution in [0.3, 0.4) is 0 Å². The zero-order valence-corrected chi connectivity index (χ0v) is 13.3. The van der Waals surface area contributed by atoms with E-state index in [1.807, 2.05) is 17.7 Å². The Kier molecular flexibility index (Phi) is 5.27. The summed E-state index contributed by atoms with van der Waals surface area (Å²) in [6.07, 6.45) is 5.37. The maximum absolute atomic E-state index is 12.3. The number of carbonyl (C=O) groups excluding carboxylic acids is 1. The lowest BCUT2D eigenvalue weighted by atomic mass is 10.1. The second-order valence-electron chi connectivity index (χ2n) is 5.15. The predicted octanol–water partition coefficient (Wildman–Crippen LogP) is 2.19. The molecule has 0 saturated carbocycles. The Bertz CT molecular complexity index is 643. The molecular weight excluding hydrogens is 304 g/mol. The summed E-state index contributed by atoms with van der Waals surface area (Å²) in [5.74, 6) is 0.422. The fourth-order valence-corrected chi connectivity index (χ4v) is 2.26. The Labute approximate surface area is 134 Å². The van der Waals surface area contributed by atoms with Gasteiger partial charge in [-0.3, -0.25) is 4.79 Å². The number of amides is 1. The number of anilines is 1. The van der Waals surface area contributed by atoms with Gasteiger partial charge < -0.3 is 20.4 Å². The minimum atomic E-state index is -0.240. The van der Waals surface area contributed by atoms with Crippen molar-refractivity contribution in [2.24, 2.45) is 5.92 Å². The van der Waals surface area contributed by atoms with Gasteiger partial charge in [0.25, 0.3) is 5.91 Å². The molecule has 22 heavy (non-hydrogen) atoms. The average molecular weight is 323 g/mol. The van der Waals surface area contributed by atoms with Crippen molar-refractivity contribution < 1.29 is 9.53 Å². The summed E-state index contributed by atoms with van der Waals surface area (Å²) in [4.78, 5) is 16.3. The van der Waals surface area contributed by atoms with E-state index < -0.39 is 0 Å². The van der Waals surface area contributed by atoms with E-state index in [1.165, 1.54) is 13.2 Å². The van der Waals surface area contributed by atoms with Crippen molar-refractivity contribution >= 4 is 23.2 Å². The number of methoxy groups -OCH3 is 1. The molecule has 118 valence electrons. The van der Waals surface area contributed by atoms with Gasteiger partial charge in [0.2, 0.25) is 0 Å². The molecule has 1 unspecified atom stereocenters. The van der Waals surface area contributed by atoms with Gasteiger partial charge in [-0.2, -0.15) is 0 Å². The van der Waals surface area contributed by atoms with Crippen LogP contribution in [0.5, 0.6) is 5.75 Å². The van der Waals surface area contributed by atoms with Crippen molar-refractivity contribution in [3.63, 3.8) is 0 Å². The monoisotopic (exact) mass is 322 g/mol. The predicted molar refractivity (Wildman–Crippen MR) is 86.1 cm³/mol.